The summed E-state index contributed by atoms with van der Waals surface area (Å²) in [5.41, 5.74) is 8.22. The molecule has 102 valence electrons. The molecule has 2 aliphatic rings. The zero-order valence-corrected chi connectivity index (χ0v) is 11.4. The average Bonchev–Trinajstić information content (AvgIpc) is 3.17. The van der Waals surface area contributed by atoms with E-state index < -0.39 is 0 Å². The Balaban J connectivity index is 1.65. The van der Waals surface area contributed by atoms with Gasteiger partial charge in [0.1, 0.15) is 0 Å². The van der Waals surface area contributed by atoms with Gasteiger partial charge in [0.15, 0.2) is 0 Å². The first-order valence-electron chi connectivity index (χ1n) is 7.33. The van der Waals surface area contributed by atoms with Crippen molar-refractivity contribution < 1.29 is 4.79 Å². The third kappa shape index (κ3) is 2.98. The molecule has 1 aliphatic carbocycles. The van der Waals surface area contributed by atoms with Crippen LogP contribution in [-0.4, -0.2) is 29.4 Å². The summed E-state index contributed by atoms with van der Waals surface area (Å²) in [6, 6.07) is 8.03. The van der Waals surface area contributed by atoms with Gasteiger partial charge in [0.05, 0.1) is 0 Å². The van der Waals surface area contributed by atoms with Gasteiger partial charge in [0.2, 0.25) is 0 Å². The number of nitrogens with zero attached hydrogens (tertiary/aromatic N) is 1. The van der Waals surface area contributed by atoms with Crippen LogP contribution in [0.25, 0.3) is 0 Å². The fourth-order valence-electron chi connectivity index (χ4n) is 2.79. The first kappa shape index (κ1) is 12.7. The predicted octanol–water partition coefficient (Wildman–Crippen LogP) is 2.35. The van der Waals surface area contributed by atoms with Crippen molar-refractivity contribution in [3.05, 3.63) is 35.4 Å². The number of rotatable bonds is 3. The van der Waals surface area contributed by atoms with E-state index in [2.05, 4.69) is 12.1 Å². The number of amides is 1. The molecule has 3 nitrogen and oxygen atoms in total. The molecule has 1 heterocycles. The zero-order chi connectivity index (χ0) is 13.3. The van der Waals surface area contributed by atoms with Crippen LogP contribution in [-0.2, 0) is 6.42 Å². The quantitative estimate of drug-likeness (QED) is 0.904. The lowest BCUT2D eigenvalue weighted by Crippen LogP contribution is -2.35. The number of benzene rings is 1. The number of hydrogen-bond donors (Lipinski definition) is 1. The van der Waals surface area contributed by atoms with Crippen LogP contribution < -0.4 is 5.73 Å². The minimum Gasteiger partial charge on any atom is -0.339 e. The Labute approximate surface area is 114 Å². The van der Waals surface area contributed by atoms with Crippen molar-refractivity contribution in [2.75, 3.05) is 13.1 Å². The van der Waals surface area contributed by atoms with Crippen molar-refractivity contribution in [3.63, 3.8) is 0 Å². The highest BCUT2D eigenvalue weighted by atomic mass is 16.2. The molecular weight excluding hydrogens is 236 g/mol. The normalized spacial score (nSPS) is 21.2. The van der Waals surface area contributed by atoms with Gasteiger partial charge in [0, 0.05) is 24.2 Å². The Hall–Kier alpha value is -1.35. The highest BCUT2D eigenvalue weighted by Crippen LogP contribution is 2.35. The molecule has 1 saturated heterocycles. The number of nitrogens with two attached hydrogens (primary N) is 1. The molecule has 0 unspecified atom stereocenters. The molecule has 3 rings (SSSR count). The van der Waals surface area contributed by atoms with Crippen LogP contribution in [0.4, 0.5) is 0 Å². The van der Waals surface area contributed by atoms with Crippen LogP contribution in [0.2, 0.25) is 0 Å². The Bertz CT molecular complexity index is 456. The summed E-state index contributed by atoms with van der Waals surface area (Å²) in [4.78, 5) is 14.3. The maximum Gasteiger partial charge on any atom is 0.253 e. The van der Waals surface area contributed by atoms with Gasteiger partial charge in [0.25, 0.3) is 5.91 Å². The van der Waals surface area contributed by atoms with Crippen molar-refractivity contribution >= 4 is 5.91 Å². The van der Waals surface area contributed by atoms with E-state index in [4.69, 9.17) is 5.73 Å². The highest BCUT2D eigenvalue weighted by Gasteiger charge is 2.37. The summed E-state index contributed by atoms with van der Waals surface area (Å²) in [5.74, 6) is 0.181. The van der Waals surface area contributed by atoms with E-state index in [-0.39, 0.29) is 11.4 Å². The Morgan fingerprint density at radius 3 is 2.32 bits per heavy atom. The van der Waals surface area contributed by atoms with Gasteiger partial charge in [-0.15, -0.1) is 0 Å². The number of carbonyl (C=O) groups is 1. The van der Waals surface area contributed by atoms with E-state index in [9.17, 15) is 4.79 Å². The number of hydrogen-bond acceptors (Lipinski definition) is 2. The molecule has 0 atom stereocenters. The highest BCUT2D eigenvalue weighted by molar-refractivity contribution is 5.94. The number of carbonyl (C=O) groups excluding carboxylic acids is 1. The van der Waals surface area contributed by atoms with E-state index >= 15 is 0 Å². The molecule has 0 aromatic heterocycles. The molecule has 3 heteroatoms. The van der Waals surface area contributed by atoms with Gasteiger partial charge in [-0.3, -0.25) is 4.79 Å². The van der Waals surface area contributed by atoms with Crippen LogP contribution >= 0.6 is 0 Å². The summed E-state index contributed by atoms with van der Waals surface area (Å²) >= 11 is 0. The van der Waals surface area contributed by atoms with Crippen LogP contribution in [0.1, 0.15) is 48.0 Å². The first-order chi connectivity index (χ1) is 9.16. The summed E-state index contributed by atoms with van der Waals surface area (Å²) < 4.78 is 0. The second-order valence-corrected chi connectivity index (χ2v) is 6.09. The topological polar surface area (TPSA) is 46.3 Å². The van der Waals surface area contributed by atoms with Crippen molar-refractivity contribution in [1.82, 2.24) is 4.90 Å². The van der Waals surface area contributed by atoms with E-state index in [0.717, 1.165) is 50.8 Å². The van der Waals surface area contributed by atoms with Crippen molar-refractivity contribution in [2.24, 2.45) is 5.73 Å². The molecule has 1 aromatic rings. The molecule has 0 bridgehead atoms. The maximum absolute atomic E-state index is 12.3. The molecule has 19 heavy (non-hydrogen) atoms. The first-order valence-corrected chi connectivity index (χ1v) is 7.33. The zero-order valence-electron chi connectivity index (χ0n) is 11.4. The monoisotopic (exact) mass is 258 g/mol. The van der Waals surface area contributed by atoms with Crippen LogP contribution in [0.15, 0.2) is 24.3 Å². The molecule has 2 fully saturated rings. The van der Waals surface area contributed by atoms with Gasteiger partial charge < -0.3 is 10.6 Å². The molecule has 1 amide bonds. The minimum absolute atomic E-state index is 0.0401. The van der Waals surface area contributed by atoms with Crippen molar-refractivity contribution in [1.29, 1.82) is 0 Å². The van der Waals surface area contributed by atoms with Gasteiger partial charge in [-0.25, -0.2) is 0 Å². The summed E-state index contributed by atoms with van der Waals surface area (Å²) in [7, 11) is 0. The lowest BCUT2D eigenvalue weighted by molar-refractivity contribution is 0.0724. The number of piperidine rings is 1. The predicted molar refractivity (Wildman–Crippen MR) is 76.1 cm³/mol. The third-order valence-electron chi connectivity index (χ3n) is 4.29. The van der Waals surface area contributed by atoms with E-state index in [0.29, 0.717) is 0 Å². The lowest BCUT2D eigenvalue weighted by Gasteiger charge is -2.26. The summed E-state index contributed by atoms with van der Waals surface area (Å²) in [6.45, 7) is 1.82. The van der Waals surface area contributed by atoms with E-state index in [1.807, 2.05) is 17.0 Å². The molecular formula is C16H22N2O. The maximum atomic E-state index is 12.3. The van der Waals surface area contributed by atoms with Crippen molar-refractivity contribution in [2.45, 2.75) is 44.1 Å². The third-order valence-corrected chi connectivity index (χ3v) is 4.29. The van der Waals surface area contributed by atoms with E-state index in [1.54, 1.807) is 0 Å². The number of likely N-dealkylation sites (tertiary alicyclic amines) is 1. The second-order valence-electron chi connectivity index (χ2n) is 6.09. The molecule has 1 aromatic carbocycles. The summed E-state index contributed by atoms with van der Waals surface area (Å²) in [5, 5.41) is 0. The van der Waals surface area contributed by atoms with Gasteiger partial charge in [-0.2, -0.15) is 0 Å². The molecule has 0 radical (unpaired) electrons. The Kier molecular flexibility index (Phi) is 3.31. The smallest absolute Gasteiger partial charge is 0.253 e. The average molecular weight is 258 g/mol. The second kappa shape index (κ2) is 4.97. The van der Waals surface area contributed by atoms with Crippen molar-refractivity contribution in [3.8, 4) is 0 Å². The van der Waals surface area contributed by atoms with Gasteiger partial charge in [-0.05, 0) is 56.2 Å². The van der Waals surface area contributed by atoms with Crippen LogP contribution in [0.3, 0.4) is 0 Å². The minimum atomic E-state index is 0.0401. The molecule has 0 spiro atoms. The van der Waals surface area contributed by atoms with Gasteiger partial charge >= 0.3 is 0 Å². The van der Waals surface area contributed by atoms with Gasteiger partial charge in [-0.1, -0.05) is 12.1 Å². The molecule has 1 aliphatic heterocycles. The van der Waals surface area contributed by atoms with Crippen LogP contribution in [0.5, 0.6) is 0 Å². The largest absolute Gasteiger partial charge is 0.339 e. The van der Waals surface area contributed by atoms with E-state index in [1.165, 1.54) is 12.0 Å². The molecule has 2 N–H and O–H groups in total. The SMILES string of the molecule is NC1(Cc2ccc(C(=O)N3CCCCC3)cc2)CC1. The Morgan fingerprint density at radius 1 is 1.11 bits per heavy atom. The standard InChI is InChI=1S/C16H22N2O/c17-16(8-9-16)12-13-4-6-14(7-5-13)15(19)18-10-2-1-3-11-18/h4-7H,1-3,8-12,17H2. The van der Waals surface area contributed by atoms with Crippen LogP contribution in [0, 0.1) is 0 Å². The Morgan fingerprint density at radius 2 is 1.74 bits per heavy atom. The molecule has 1 saturated carbocycles. The summed E-state index contributed by atoms with van der Waals surface area (Å²) in [6.07, 6.45) is 6.72. The fourth-order valence-corrected chi connectivity index (χ4v) is 2.79. The fraction of sp³-hybridized carbons (Fsp3) is 0.562. The lowest BCUT2D eigenvalue weighted by atomic mass is 10.0.